The van der Waals surface area contributed by atoms with Crippen LogP contribution in [0.25, 0.3) is 6.08 Å². The second-order valence-corrected chi connectivity index (χ2v) is 4.15. The topological polar surface area (TPSA) is 42.2 Å². The molecular weight excluding hydrogens is 250 g/mol. The van der Waals surface area contributed by atoms with Gasteiger partial charge in [0, 0.05) is 6.08 Å². The molecule has 0 aliphatic rings. The molecule has 0 heterocycles. The highest BCUT2D eigenvalue weighted by Gasteiger charge is 2.05. The first kappa shape index (κ1) is 13.7. The molecule has 0 spiro atoms. The summed E-state index contributed by atoms with van der Waals surface area (Å²) in [6, 6.07) is 17.5. The van der Waals surface area contributed by atoms with Gasteiger partial charge in [-0.3, -0.25) is 0 Å². The van der Waals surface area contributed by atoms with E-state index in [1.807, 2.05) is 54.6 Å². The molecule has 0 unspecified atom stereocenters. The summed E-state index contributed by atoms with van der Waals surface area (Å²) in [5.41, 5.74) is 2.00. The van der Waals surface area contributed by atoms with Gasteiger partial charge in [0.1, 0.15) is 6.61 Å². The molecule has 0 aromatic heterocycles. The highest BCUT2D eigenvalue weighted by Crippen LogP contribution is 2.29. The highest BCUT2D eigenvalue weighted by molar-refractivity contribution is 5.57. The number of benzene rings is 2. The average molecular weight is 265 g/mol. The van der Waals surface area contributed by atoms with Crippen molar-refractivity contribution in [3.8, 4) is 17.6 Å². The summed E-state index contributed by atoms with van der Waals surface area (Å²) in [4.78, 5) is 0. The van der Waals surface area contributed by atoms with E-state index in [-0.39, 0.29) is 0 Å². The number of ether oxygens (including phenoxy) is 2. The summed E-state index contributed by atoms with van der Waals surface area (Å²) in [6.07, 6.45) is 3.16. The maximum Gasteiger partial charge on any atom is 0.161 e. The highest BCUT2D eigenvalue weighted by atomic mass is 16.5. The fourth-order valence-electron chi connectivity index (χ4n) is 1.78. The minimum Gasteiger partial charge on any atom is -0.493 e. The normalized spacial score (nSPS) is 10.2. The summed E-state index contributed by atoms with van der Waals surface area (Å²) in [6.45, 7) is 0.491. The van der Waals surface area contributed by atoms with Crippen molar-refractivity contribution in [2.75, 3.05) is 7.11 Å². The standard InChI is InChI=1S/C17H15NO2/c1-19-17-12-14(8-5-11-18)9-10-16(17)20-13-15-6-3-2-4-7-15/h2-10,12H,13H2,1H3. The Kier molecular flexibility index (Phi) is 4.80. The van der Waals surface area contributed by atoms with Crippen LogP contribution in [-0.4, -0.2) is 7.11 Å². The zero-order chi connectivity index (χ0) is 14.2. The van der Waals surface area contributed by atoms with Crippen LogP contribution in [0.4, 0.5) is 0 Å². The van der Waals surface area contributed by atoms with E-state index in [0.717, 1.165) is 11.1 Å². The maximum atomic E-state index is 8.53. The van der Waals surface area contributed by atoms with E-state index >= 15 is 0 Å². The van der Waals surface area contributed by atoms with Gasteiger partial charge in [-0.1, -0.05) is 36.4 Å². The van der Waals surface area contributed by atoms with Gasteiger partial charge in [0.2, 0.25) is 0 Å². The molecule has 0 amide bonds. The summed E-state index contributed by atoms with van der Waals surface area (Å²) in [7, 11) is 1.60. The molecule has 3 nitrogen and oxygen atoms in total. The number of nitriles is 1. The van der Waals surface area contributed by atoms with Gasteiger partial charge in [0.15, 0.2) is 11.5 Å². The van der Waals surface area contributed by atoms with E-state index in [1.54, 1.807) is 13.2 Å². The Bertz CT molecular complexity index is 627. The minimum absolute atomic E-state index is 0.491. The van der Waals surface area contributed by atoms with Crippen molar-refractivity contribution >= 4 is 6.08 Å². The monoisotopic (exact) mass is 265 g/mol. The molecule has 0 radical (unpaired) electrons. The van der Waals surface area contributed by atoms with E-state index in [1.165, 1.54) is 6.08 Å². The van der Waals surface area contributed by atoms with E-state index in [2.05, 4.69) is 0 Å². The second kappa shape index (κ2) is 7.01. The maximum absolute atomic E-state index is 8.53. The van der Waals surface area contributed by atoms with Gasteiger partial charge in [0.05, 0.1) is 13.2 Å². The lowest BCUT2D eigenvalue weighted by Crippen LogP contribution is -1.97. The zero-order valence-corrected chi connectivity index (χ0v) is 11.2. The van der Waals surface area contributed by atoms with Crippen molar-refractivity contribution < 1.29 is 9.47 Å². The SMILES string of the molecule is COc1cc(C=CC#N)ccc1OCc1ccccc1. The molecular formula is C17H15NO2. The lowest BCUT2D eigenvalue weighted by atomic mass is 10.2. The Morgan fingerprint density at radius 3 is 2.60 bits per heavy atom. The first-order chi connectivity index (χ1) is 9.83. The van der Waals surface area contributed by atoms with E-state index in [4.69, 9.17) is 14.7 Å². The summed E-state index contributed by atoms with van der Waals surface area (Å²) >= 11 is 0. The average Bonchev–Trinajstić information content (AvgIpc) is 2.52. The van der Waals surface area contributed by atoms with Gasteiger partial charge in [-0.15, -0.1) is 0 Å². The van der Waals surface area contributed by atoms with Gasteiger partial charge < -0.3 is 9.47 Å². The first-order valence-electron chi connectivity index (χ1n) is 6.24. The summed E-state index contributed by atoms with van der Waals surface area (Å²) in [5, 5.41) is 8.53. The quantitative estimate of drug-likeness (QED) is 0.772. The number of hydrogen-bond donors (Lipinski definition) is 0. The lowest BCUT2D eigenvalue weighted by Gasteiger charge is -2.11. The number of methoxy groups -OCH3 is 1. The van der Waals surface area contributed by atoms with Gasteiger partial charge in [0.25, 0.3) is 0 Å². The fourth-order valence-corrected chi connectivity index (χ4v) is 1.78. The fraction of sp³-hybridized carbons (Fsp3) is 0.118. The largest absolute Gasteiger partial charge is 0.493 e. The van der Waals surface area contributed by atoms with Crippen molar-refractivity contribution in [2.24, 2.45) is 0 Å². The van der Waals surface area contributed by atoms with Crippen molar-refractivity contribution in [2.45, 2.75) is 6.61 Å². The predicted molar refractivity (Wildman–Crippen MR) is 78.4 cm³/mol. The van der Waals surface area contributed by atoms with Crippen LogP contribution in [-0.2, 0) is 6.61 Å². The van der Waals surface area contributed by atoms with Crippen LogP contribution >= 0.6 is 0 Å². The van der Waals surface area contributed by atoms with E-state index in [0.29, 0.717) is 18.1 Å². The van der Waals surface area contributed by atoms with Crippen molar-refractivity contribution in [3.05, 3.63) is 65.7 Å². The molecule has 0 N–H and O–H groups in total. The van der Waals surface area contributed by atoms with Gasteiger partial charge in [-0.25, -0.2) is 0 Å². The number of rotatable bonds is 5. The predicted octanol–water partition coefficient (Wildman–Crippen LogP) is 3.81. The third-order valence-corrected chi connectivity index (χ3v) is 2.78. The molecule has 20 heavy (non-hydrogen) atoms. The van der Waals surface area contributed by atoms with E-state index in [9.17, 15) is 0 Å². The molecule has 0 saturated carbocycles. The van der Waals surface area contributed by atoms with Crippen LogP contribution in [0, 0.1) is 11.3 Å². The molecule has 0 fully saturated rings. The molecule has 3 heteroatoms. The van der Waals surface area contributed by atoms with Gasteiger partial charge in [-0.05, 0) is 29.3 Å². The molecule has 0 aliphatic heterocycles. The Labute approximate surface area is 118 Å². The van der Waals surface area contributed by atoms with Crippen LogP contribution in [0.15, 0.2) is 54.6 Å². The van der Waals surface area contributed by atoms with Crippen molar-refractivity contribution in [3.63, 3.8) is 0 Å². The molecule has 0 saturated heterocycles. The van der Waals surface area contributed by atoms with Crippen molar-refractivity contribution in [1.29, 1.82) is 5.26 Å². The van der Waals surface area contributed by atoms with Crippen LogP contribution in [0.5, 0.6) is 11.5 Å². The van der Waals surface area contributed by atoms with Gasteiger partial charge >= 0.3 is 0 Å². The van der Waals surface area contributed by atoms with Gasteiger partial charge in [-0.2, -0.15) is 5.26 Å². The summed E-state index contributed by atoms with van der Waals surface area (Å²) in [5.74, 6) is 1.34. The third-order valence-electron chi connectivity index (χ3n) is 2.78. The molecule has 0 atom stereocenters. The molecule has 100 valence electrons. The Hall–Kier alpha value is -2.73. The number of nitrogens with zero attached hydrogens (tertiary/aromatic N) is 1. The van der Waals surface area contributed by atoms with Crippen LogP contribution < -0.4 is 9.47 Å². The number of hydrogen-bond acceptors (Lipinski definition) is 3. The molecule has 0 aliphatic carbocycles. The van der Waals surface area contributed by atoms with Crippen LogP contribution in [0.2, 0.25) is 0 Å². The first-order valence-corrected chi connectivity index (χ1v) is 6.24. The van der Waals surface area contributed by atoms with Crippen LogP contribution in [0.1, 0.15) is 11.1 Å². The Balaban J connectivity index is 2.12. The lowest BCUT2D eigenvalue weighted by molar-refractivity contribution is 0.284. The smallest absolute Gasteiger partial charge is 0.161 e. The molecule has 0 bridgehead atoms. The molecule has 2 aromatic carbocycles. The zero-order valence-electron chi connectivity index (χ0n) is 11.2. The Morgan fingerprint density at radius 2 is 1.90 bits per heavy atom. The van der Waals surface area contributed by atoms with Crippen molar-refractivity contribution in [1.82, 2.24) is 0 Å². The third kappa shape index (κ3) is 3.63. The Morgan fingerprint density at radius 1 is 1.10 bits per heavy atom. The second-order valence-electron chi connectivity index (χ2n) is 4.15. The van der Waals surface area contributed by atoms with Crippen LogP contribution in [0.3, 0.4) is 0 Å². The molecule has 2 rings (SSSR count). The molecule has 2 aromatic rings. The summed E-state index contributed by atoms with van der Waals surface area (Å²) < 4.78 is 11.1. The van der Waals surface area contributed by atoms with E-state index < -0.39 is 0 Å². The minimum atomic E-state index is 0.491. The number of allylic oxidation sites excluding steroid dienone is 1.